The summed E-state index contributed by atoms with van der Waals surface area (Å²) in [7, 11) is 1.64. The number of ether oxygens (including phenoxy) is 1. The quantitative estimate of drug-likeness (QED) is 0.524. The molecule has 12 heavy (non-hydrogen) atoms. The Morgan fingerprint density at radius 3 is 2.92 bits per heavy atom. The molecule has 0 aliphatic rings. The summed E-state index contributed by atoms with van der Waals surface area (Å²) in [5.41, 5.74) is 7.29. The van der Waals surface area contributed by atoms with Gasteiger partial charge < -0.3 is 15.6 Å². The Bertz CT molecular complexity index is 261. The maximum absolute atomic E-state index is 9.14. The Morgan fingerprint density at radius 2 is 2.25 bits per heavy atom. The lowest BCUT2D eigenvalue weighted by molar-refractivity contribution is 0.202. The molecule has 1 aromatic carbocycles. The van der Waals surface area contributed by atoms with Crippen molar-refractivity contribution in [3.05, 3.63) is 23.8 Å². The van der Waals surface area contributed by atoms with Crippen molar-refractivity contribution >= 4 is 5.69 Å². The molecule has 0 aliphatic carbocycles. The lowest BCUT2D eigenvalue weighted by Crippen LogP contribution is -1.98. The van der Waals surface area contributed by atoms with E-state index in [1.165, 1.54) is 0 Å². The highest BCUT2D eigenvalue weighted by atomic mass is 16.5. The van der Waals surface area contributed by atoms with E-state index >= 15 is 0 Å². The van der Waals surface area contributed by atoms with E-state index in [2.05, 4.69) is 0 Å². The third kappa shape index (κ3) is 2.13. The molecule has 0 saturated heterocycles. The zero-order valence-corrected chi connectivity index (χ0v) is 7.08. The van der Waals surface area contributed by atoms with Gasteiger partial charge in [0.15, 0.2) is 0 Å². The van der Waals surface area contributed by atoms with Crippen molar-refractivity contribution in [3.63, 3.8) is 0 Å². The number of phenols is 1. The summed E-state index contributed by atoms with van der Waals surface area (Å²) in [6.45, 7) is 0.619. The van der Waals surface area contributed by atoms with Gasteiger partial charge in [0.25, 0.3) is 0 Å². The van der Waals surface area contributed by atoms with E-state index in [-0.39, 0.29) is 5.75 Å². The lowest BCUT2D eigenvalue weighted by Gasteiger charge is -2.04. The Labute approximate surface area is 71.8 Å². The van der Waals surface area contributed by atoms with Crippen molar-refractivity contribution in [2.45, 2.75) is 6.42 Å². The summed E-state index contributed by atoms with van der Waals surface area (Å²) in [4.78, 5) is 0. The molecule has 0 bridgehead atoms. The fraction of sp³-hybridized carbons (Fsp3) is 0.333. The second kappa shape index (κ2) is 3.97. The maximum Gasteiger partial charge on any atom is 0.116 e. The standard InChI is InChI=1S/C9H13NO2/c1-12-5-4-7-6-8(11)2-3-9(7)10/h2-3,6,11H,4-5,10H2,1H3. The van der Waals surface area contributed by atoms with Gasteiger partial charge in [0.2, 0.25) is 0 Å². The number of anilines is 1. The molecule has 0 fully saturated rings. The van der Waals surface area contributed by atoms with Crippen LogP contribution >= 0.6 is 0 Å². The number of nitrogens with two attached hydrogens (primary N) is 1. The minimum atomic E-state index is 0.246. The average molecular weight is 167 g/mol. The predicted octanol–water partition coefficient (Wildman–Crippen LogP) is 1.16. The molecule has 3 nitrogen and oxygen atoms in total. The molecule has 0 aliphatic heterocycles. The molecule has 0 unspecified atom stereocenters. The van der Waals surface area contributed by atoms with Gasteiger partial charge in [-0.2, -0.15) is 0 Å². The van der Waals surface area contributed by atoms with Gasteiger partial charge in [-0.3, -0.25) is 0 Å². The number of nitrogen functional groups attached to an aromatic ring is 1. The van der Waals surface area contributed by atoms with Crippen molar-refractivity contribution in [1.29, 1.82) is 0 Å². The van der Waals surface area contributed by atoms with E-state index in [0.717, 1.165) is 12.0 Å². The Balaban J connectivity index is 2.75. The van der Waals surface area contributed by atoms with Gasteiger partial charge in [0.1, 0.15) is 5.75 Å². The zero-order chi connectivity index (χ0) is 8.97. The highest BCUT2D eigenvalue weighted by Crippen LogP contribution is 2.18. The number of methoxy groups -OCH3 is 1. The van der Waals surface area contributed by atoms with Gasteiger partial charge in [-0.25, -0.2) is 0 Å². The number of rotatable bonds is 3. The highest BCUT2D eigenvalue weighted by molar-refractivity contribution is 5.50. The third-order valence-corrected chi connectivity index (χ3v) is 1.70. The highest BCUT2D eigenvalue weighted by Gasteiger charge is 1.99. The molecule has 0 aromatic heterocycles. The molecule has 0 radical (unpaired) electrons. The molecule has 66 valence electrons. The van der Waals surface area contributed by atoms with Crippen LogP contribution in [-0.2, 0) is 11.2 Å². The summed E-state index contributed by atoms with van der Waals surface area (Å²) >= 11 is 0. The molecular weight excluding hydrogens is 154 g/mol. The van der Waals surface area contributed by atoms with Crippen LogP contribution in [0, 0.1) is 0 Å². The number of hydrogen-bond donors (Lipinski definition) is 2. The first kappa shape index (κ1) is 8.87. The first-order valence-electron chi connectivity index (χ1n) is 3.80. The lowest BCUT2D eigenvalue weighted by atomic mass is 10.1. The van der Waals surface area contributed by atoms with Crippen molar-refractivity contribution < 1.29 is 9.84 Å². The second-order valence-corrected chi connectivity index (χ2v) is 2.63. The van der Waals surface area contributed by atoms with Gasteiger partial charge in [0.05, 0.1) is 6.61 Å². The number of aromatic hydroxyl groups is 1. The molecule has 1 aromatic rings. The largest absolute Gasteiger partial charge is 0.508 e. The van der Waals surface area contributed by atoms with Crippen molar-refractivity contribution in [2.75, 3.05) is 19.5 Å². The van der Waals surface area contributed by atoms with E-state index in [0.29, 0.717) is 12.3 Å². The minimum Gasteiger partial charge on any atom is -0.508 e. The van der Waals surface area contributed by atoms with Gasteiger partial charge in [0, 0.05) is 12.8 Å². The molecule has 0 heterocycles. The molecule has 0 spiro atoms. The van der Waals surface area contributed by atoms with Crippen LogP contribution in [0.4, 0.5) is 5.69 Å². The Kier molecular flexibility index (Phi) is 2.94. The molecule has 0 amide bonds. The number of hydrogen-bond acceptors (Lipinski definition) is 3. The number of benzene rings is 1. The Hall–Kier alpha value is -1.22. The van der Waals surface area contributed by atoms with E-state index in [4.69, 9.17) is 15.6 Å². The van der Waals surface area contributed by atoms with E-state index in [1.807, 2.05) is 0 Å². The van der Waals surface area contributed by atoms with Gasteiger partial charge in [-0.05, 0) is 30.2 Å². The van der Waals surface area contributed by atoms with E-state index < -0.39 is 0 Å². The van der Waals surface area contributed by atoms with Crippen LogP contribution in [0.3, 0.4) is 0 Å². The normalized spacial score (nSPS) is 10.1. The summed E-state index contributed by atoms with van der Waals surface area (Å²) < 4.78 is 4.90. The SMILES string of the molecule is COCCc1cc(O)ccc1N. The zero-order valence-electron chi connectivity index (χ0n) is 7.08. The smallest absolute Gasteiger partial charge is 0.116 e. The third-order valence-electron chi connectivity index (χ3n) is 1.70. The molecule has 3 N–H and O–H groups in total. The van der Waals surface area contributed by atoms with Crippen molar-refractivity contribution in [3.8, 4) is 5.75 Å². The van der Waals surface area contributed by atoms with Crippen LogP contribution in [0.15, 0.2) is 18.2 Å². The van der Waals surface area contributed by atoms with Crippen molar-refractivity contribution in [2.24, 2.45) is 0 Å². The van der Waals surface area contributed by atoms with Crippen LogP contribution in [0.25, 0.3) is 0 Å². The second-order valence-electron chi connectivity index (χ2n) is 2.63. The minimum absolute atomic E-state index is 0.246. The number of phenolic OH excluding ortho intramolecular Hbond substituents is 1. The predicted molar refractivity (Wildman–Crippen MR) is 48.1 cm³/mol. The van der Waals surface area contributed by atoms with Crippen molar-refractivity contribution in [1.82, 2.24) is 0 Å². The molecule has 3 heteroatoms. The van der Waals surface area contributed by atoms with Crippen LogP contribution < -0.4 is 5.73 Å². The van der Waals surface area contributed by atoms with Crippen LogP contribution in [0.5, 0.6) is 5.75 Å². The first-order valence-corrected chi connectivity index (χ1v) is 3.80. The van der Waals surface area contributed by atoms with Crippen LogP contribution in [0.2, 0.25) is 0 Å². The average Bonchev–Trinajstić information content (AvgIpc) is 2.07. The first-order chi connectivity index (χ1) is 5.74. The van der Waals surface area contributed by atoms with Crippen LogP contribution in [-0.4, -0.2) is 18.8 Å². The molecule has 1 rings (SSSR count). The summed E-state index contributed by atoms with van der Waals surface area (Å²) in [5.74, 6) is 0.246. The van der Waals surface area contributed by atoms with Gasteiger partial charge in [-0.15, -0.1) is 0 Å². The fourth-order valence-corrected chi connectivity index (χ4v) is 1.02. The molecular formula is C9H13NO2. The van der Waals surface area contributed by atoms with Gasteiger partial charge in [-0.1, -0.05) is 0 Å². The fourth-order valence-electron chi connectivity index (χ4n) is 1.02. The summed E-state index contributed by atoms with van der Waals surface area (Å²) in [6, 6.07) is 4.93. The Morgan fingerprint density at radius 1 is 1.50 bits per heavy atom. The monoisotopic (exact) mass is 167 g/mol. The van der Waals surface area contributed by atoms with E-state index in [9.17, 15) is 0 Å². The molecule has 0 atom stereocenters. The van der Waals surface area contributed by atoms with E-state index in [1.54, 1.807) is 25.3 Å². The van der Waals surface area contributed by atoms with Crippen LogP contribution in [0.1, 0.15) is 5.56 Å². The topological polar surface area (TPSA) is 55.5 Å². The maximum atomic E-state index is 9.14. The van der Waals surface area contributed by atoms with Gasteiger partial charge >= 0.3 is 0 Å². The summed E-state index contributed by atoms with van der Waals surface area (Å²) in [5, 5.41) is 9.14. The molecule has 0 saturated carbocycles. The summed E-state index contributed by atoms with van der Waals surface area (Å²) in [6.07, 6.45) is 0.733.